The van der Waals surface area contributed by atoms with Crippen LogP contribution in [0.25, 0.3) is 0 Å². The van der Waals surface area contributed by atoms with Crippen LogP contribution < -0.4 is 4.74 Å². The van der Waals surface area contributed by atoms with Crippen LogP contribution in [-0.2, 0) is 6.42 Å². The first kappa shape index (κ1) is 11.5. The van der Waals surface area contributed by atoms with E-state index in [1.54, 1.807) is 36.4 Å². The highest BCUT2D eigenvalue weighted by Crippen LogP contribution is 2.24. The predicted molar refractivity (Wildman–Crippen MR) is 63.7 cm³/mol. The molecule has 2 aromatic carbocycles. The van der Waals surface area contributed by atoms with Crippen LogP contribution in [0.1, 0.15) is 5.56 Å². The van der Waals surface area contributed by atoms with Crippen molar-refractivity contribution in [2.45, 2.75) is 6.42 Å². The van der Waals surface area contributed by atoms with Gasteiger partial charge in [-0.25, -0.2) is 4.39 Å². The van der Waals surface area contributed by atoms with Crippen molar-refractivity contribution in [3.05, 3.63) is 59.9 Å². The van der Waals surface area contributed by atoms with Crippen LogP contribution in [0.3, 0.4) is 0 Å². The molecule has 0 radical (unpaired) electrons. The number of rotatable bonds is 4. The fourth-order valence-electron chi connectivity index (χ4n) is 1.51. The molecule has 17 heavy (non-hydrogen) atoms. The maximum Gasteiger partial charge on any atom is 0.160 e. The summed E-state index contributed by atoms with van der Waals surface area (Å²) in [6.07, 6.45) is 0.675. The van der Waals surface area contributed by atoms with Gasteiger partial charge in [-0.1, -0.05) is 24.3 Å². The van der Waals surface area contributed by atoms with Crippen LogP contribution in [0, 0.1) is 5.82 Å². The molecule has 0 unspecified atom stereocenters. The zero-order valence-corrected chi connectivity index (χ0v) is 9.27. The first-order valence-electron chi connectivity index (χ1n) is 5.41. The second-order valence-electron chi connectivity index (χ2n) is 3.69. The van der Waals surface area contributed by atoms with E-state index < -0.39 is 0 Å². The summed E-state index contributed by atoms with van der Waals surface area (Å²) in [6.45, 7) is 0.448. The molecule has 0 fully saturated rings. The number of hydrogen-bond acceptors (Lipinski definition) is 2. The van der Waals surface area contributed by atoms with Crippen LogP contribution in [0.2, 0.25) is 0 Å². The molecule has 0 heterocycles. The van der Waals surface area contributed by atoms with Crippen molar-refractivity contribution in [3.8, 4) is 11.5 Å². The fraction of sp³-hybridized carbons (Fsp3) is 0.143. The fourth-order valence-corrected chi connectivity index (χ4v) is 1.51. The van der Waals surface area contributed by atoms with Crippen molar-refractivity contribution in [1.29, 1.82) is 0 Å². The van der Waals surface area contributed by atoms with E-state index in [9.17, 15) is 9.50 Å². The maximum atomic E-state index is 12.7. The zero-order chi connectivity index (χ0) is 12.1. The van der Waals surface area contributed by atoms with Gasteiger partial charge in [-0.3, -0.25) is 0 Å². The van der Waals surface area contributed by atoms with Crippen molar-refractivity contribution in [1.82, 2.24) is 0 Å². The van der Waals surface area contributed by atoms with Crippen LogP contribution in [-0.4, -0.2) is 11.7 Å². The van der Waals surface area contributed by atoms with Crippen molar-refractivity contribution in [2.75, 3.05) is 6.61 Å². The van der Waals surface area contributed by atoms with Gasteiger partial charge in [0.1, 0.15) is 5.82 Å². The van der Waals surface area contributed by atoms with Gasteiger partial charge in [0.2, 0.25) is 0 Å². The summed E-state index contributed by atoms with van der Waals surface area (Å²) in [7, 11) is 0. The lowest BCUT2D eigenvalue weighted by Gasteiger charge is -2.07. The molecule has 2 rings (SSSR count). The number of hydrogen-bond donors (Lipinski definition) is 1. The molecule has 0 aliphatic heterocycles. The second-order valence-corrected chi connectivity index (χ2v) is 3.69. The molecule has 2 nitrogen and oxygen atoms in total. The molecular weight excluding hydrogens is 219 g/mol. The minimum Gasteiger partial charge on any atom is -0.504 e. The van der Waals surface area contributed by atoms with E-state index >= 15 is 0 Å². The normalized spacial score (nSPS) is 10.2. The Labute approximate surface area is 99.3 Å². The van der Waals surface area contributed by atoms with Gasteiger partial charge in [-0.2, -0.15) is 0 Å². The Hall–Kier alpha value is -2.03. The molecule has 2 aromatic rings. The van der Waals surface area contributed by atoms with Crippen molar-refractivity contribution in [2.24, 2.45) is 0 Å². The van der Waals surface area contributed by atoms with Crippen molar-refractivity contribution < 1.29 is 14.2 Å². The van der Waals surface area contributed by atoms with Gasteiger partial charge in [0, 0.05) is 6.42 Å². The molecular formula is C14H13FO2. The number of phenolic OH excluding ortho intramolecular Hbond substituents is 1. The van der Waals surface area contributed by atoms with E-state index in [1.807, 2.05) is 0 Å². The van der Waals surface area contributed by atoms with Gasteiger partial charge in [0.25, 0.3) is 0 Å². The van der Waals surface area contributed by atoms with Crippen LogP contribution in [0.15, 0.2) is 48.5 Å². The third-order valence-corrected chi connectivity index (χ3v) is 2.43. The molecule has 0 aliphatic carbocycles. The monoisotopic (exact) mass is 232 g/mol. The lowest BCUT2D eigenvalue weighted by atomic mass is 10.2. The minimum atomic E-state index is -0.240. The van der Waals surface area contributed by atoms with E-state index in [4.69, 9.17) is 4.74 Å². The summed E-state index contributed by atoms with van der Waals surface area (Å²) in [6, 6.07) is 13.1. The van der Waals surface area contributed by atoms with Gasteiger partial charge in [0.05, 0.1) is 6.61 Å². The summed E-state index contributed by atoms with van der Waals surface area (Å²) in [5, 5.41) is 9.47. The standard InChI is InChI=1S/C14H13FO2/c15-12-7-5-11(6-8-12)9-10-17-14-4-2-1-3-13(14)16/h1-8,16H,9-10H2. The SMILES string of the molecule is Oc1ccccc1OCCc1ccc(F)cc1. The van der Waals surface area contributed by atoms with Crippen LogP contribution >= 0.6 is 0 Å². The highest BCUT2D eigenvalue weighted by molar-refractivity contribution is 5.37. The Morgan fingerprint density at radius 2 is 1.71 bits per heavy atom. The van der Waals surface area contributed by atoms with E-state index in [1.165, 1.54) is 12.1 Å². The molecule has 0 amide bonds. The average Bonchev–Trinajstić information content (AvgIpc) is 2.34. The Balaban J connectivity index is 1.88. The van der Waals surface area contributed by atoms with Crippen molar-refractivity contribution in [3.63, 3.8) is 0 Å². The maximum absolute atomic E-state index is 12.7. The molecule has 0 atom stereocenters. The van der Waals surface area contributed by atoms with Gasteiger partial charge in [-0.05, 0) is 29.8 Å². The second kappa shape index (κ2) is 5.34. The molecule has 88 valence electrons. The highest BCUT2D eigenvalue weighted by atomic mass is 19.1. The highest BCUT2D eigenvalue weighted by Gasteiger charge is 2.00. The summed E-state index contributed by atoms with van der Waals surface area (Å²) in [5.41, 5.74) is 1.00. The number of aromatic hydroxyl groups is 1. The number of halogens is 1. The van der Waals surface area contributed by atoms with E-state index in [-0.39, 0.29) is 11.6 Å². The quantitative estimate of drug-likeness (QED) is 0.877. The smallest absolute Gasteiger partial charge is 0.160 e. The molecule has 1 N–H and O–H groups in total. The van der Waals surface area contributed by atoms with Gasteiger partial charge >= 0.3 is 0 Å². The summed E-state index contributed by atoms with van der Waals surface area (Å²) in [4.78, 5) is 0. The Morgan fingerprint density at radius 3 is 2.41 bits per heavy atom. The summed E-state index contributed by atoms with van der Waals surface area (Å²) < 4.78 is 18.1. The van der Waals surface area contributed by atoms with E-state index in [0.29, 0.717) is 18.8 Å². The third kappa shape index (κ3) is 3.21. The largest absolute Gasteiger partial charge is 0.504 e. The number of phenols is 1. The molecule has 3 heteroatoms. The molecule has 0 saturated heterocycles. The molecule has 0 aromatic heterocycles. The summed E-state index contributed by atoms with van der Waals surface area (Å²) in [5.74, 6) is 0.358. The van der Waals surface area contributed by atoms with Crippen LogP contribution in [0.4, 0.5) is 4.39 Å². The van der Waals surface area contributed by atoms with Gasteiger partial charge in [0.15, 0.2) is 11.5 Å². The molecule has 0 saturated carbocycles. The first-order chi connectivity index (χ1) is 8.25. The van der Waals surface area contributed by atoms with Gasteiger partial charge < -0.3 is 9.84 Å². The molecule has 0 aliphatic rings. The third-order valence-electron chi connectivity index (χ3n) is 2.43. The lowest BCUT2D eigenvalue weighted by molar-refractivity contribution is 0.303. The van der Waals surface area contributed by atoms with Crippen molar-refractivity contribution >= 4 is 0 Å². The average molecular weight is 232 g/mol. The Morgan fingerprint density at radius 1 is 1.00 bits per heavy atom. The number of para-hydroxylation sites is 2. The van der Waals surface area contributed by atoms with Crippen LogP contribution in [0.5, 0.6) is 11.5 Å². The predicted octanol–water partition coefficient (Wildman–Crippen LogP) is 3.15. The van der Waals surface area contributed by atoms with E-state index in [0.717, 1.165) is 5.56 Å². The Kier molecular flexibility index (Phi) is 3.60. The number of benzene rings is 2. The molecule has 0 bridgehead atoms. The molecule has 0 spiro atoms. The zero-order valence-electron chi connectivity index (χ0n) is 9.27. The first-order valence-corrected chi connectivity index (χ1v) is 5.41. The topological polar surface area (TPSA) is 29.5 Å². The number of ether oxygens (including phenoxy) is 1. The Bertz CT molecular complexity index is 480. The lowest BCUT2D eigenvalue weighted by Crippen LogP contribution is -2.01. The minimum absolute atomic E-state index is 0.131. The van der Waals surface area contributed by atoms with E-state index in [2.05, 4.69) is 0 Å². The van der Waals surface area contributed by atoms with Gasteiger partial charge in [-0.15, -0.1) is 0 Å². The summed E-state index contributed by atoms with van der Waals surface area (Å²) >= 11 is 0.